The minimum Gasteiger partial charge on any atom is -0.361 e. The average molecular weight is 301 g/mol. The molecule has 0 radical (unpaired) electrons. The Kier molecular flexibility index (Phi) is 5.02. The maximum Gasteiger partial charge on any atom is 0.231 e. The van der Waals surface area contributed by atoms with Crippen molar-refractivity contribution in [2.24, 2.45) is 7.05 Å². The first kappa shape index (κ1) is 15.4. The Bertz CT molecular complexity index is 707. The number of hydrogen-bond acceptors (Lipinski definition) is 4. The molecule has 0 spiro atoms. The number of amidine groups is 1. The normalized spacial score (nSPS) is 10.6. The SMILES string of the molecule is Cn1cccc1CC(=O)NC(=N)/C=C\Nc1ccnc(F)c1. The molecular formula is C15H16FN5O. The van der Waals surface area contributed by atoms with Gasteiger partial charge in [-0.15, -0.1) is 0 Å². The highest BCUT2D eigenvalue weighted by atomic mass is 19.1. The Morgan fingerprint density at radius 3 is 3.00 bits per heavy atom. The molecule has 22 heavy (non-hydrogen) atoms. The molecule has 114 valence electrons. The van der Waals surface area contributed by atoms with Crippen LogP contribution in [0.5, 0.6) is 0 Å². The molecule has 1 amide bonds. The molecule has 2 heterocycles. The second-order valence-corrected chi connectivity index (χ2v) is 4.59. The largest absolute Gasteiger partial charge is 0.361 e. The number of amides is 1. The van der Waals surface area contributed by atoms with Crippen LogP contribution in [0.1, 0.15) is 5.69 Å². The molecule has 2 aromatic rings. The Balaban J connectivity index is 1.81. The first-order chi connectivity index (χ1) is 10.5. The molecule has 0 saturated heterocycles. The highest BCUT2D eigenvalue weighted by Gasteiger charge is 2.06. The molecule has 0 aliphatic heterocycles. The van der Waals surface area contributed by atoms with Crippen molar-refractivity contribution in [3.8, 4) is 0 Å². The van der Waals surface area contributed by atoms with Crippen LogP contribution >= 0.6 is 0 Å². The monoisotopic (exact) mass is 301 g/mol. The van der Waals surface area contributed by atoms with Crippen molar-refractivity contribution >= 4 is 17.4 Å². The van der Waals surface area contributed by atoms with E-state index in [0.717, 1.165) is 5.69 Å². The number of nitrogens with one attached hydrogen (secondary N) is 3. The summed E-state index contributed by atoms with van der Waals surface area (Å²) in [6.45, 7) is 0. The molecule has 0 aromatic carbocycles. The van der Waals surface area contributed by atoms with E-state index in [1.54, 1.807) is 6.07 Å². The number of carbonyl (C=O) groups excluding carboxylic acids is 1. The Morgan fingerprint density at radius 1 is 1.50 bits per heavy atom. The topological polar surface area (TPSA) is 82.8 Å². The van der Waals surface area contributed by atoms with Crippen LogP contribution in [0.25, 0.3) is 0 Å². The van der Waals surface area contributed by atoms with Gasteiger partial charge in [0, 0.05) is 43.1 Å². The first-order valence-electron chi connectivity index (χ1n) is 6.58. The zero-order valence-electron chi connectivity index (χ0n) is 12.0. The van der Waals surface area contributed by atoms with E-state index in [-0.39, 0.29) is 18.2 Å². The molecule has 3 N–H and O–H groups in total. The third-order valence-corrected chi connectivity index (χ3v) is 2.89. The standard InChI is InChI=1S/C15H16FN5O/c1-21-8-2-3-12(21)10-15(22)20-14(17)5-7-18-11-4-6-19-13(16)9-11/h2-9H,10H2,1H3,(H,18,19)(H2,17,20,22)/b7-5-. The number of rotatable bonds is 5. The fourth-order valence-electron chi connectivity index (χ4n) is 1.79. The van der Waals surface area contributed by atoms with Gasteiger partial charge in [0.15, 0.2) is 0 Å². The molecule has 0 aliphatic rings. The van der Waals surface area contributed by atoms with Crippen LogP contribution in [0.3, 0.4) is 0 Å². The van der Waals surface area contributed by atoms with Crippen LogP contribution < -0.4 is 10.6 Å². The summed E-state index contributed by atoms with van der Waals surface area (Å²) in [7, 11) is 1.85. The average Bonchev–Trinajstić information content (AvgIpc) is 2.84. The number of nitrogens with zero attached hydrogens (tertiary/aromatic N) is 2. The van der Waals surface area contributed by atoms with Crippen LogP contribution in [0.2, 0.25) is 0 Å². The molecule has 2 rings (SSSR count). The van der Waals surface area contributed by atoms with E-state index in [1.807, 2.05) is 29.9 Å². The molecule has 2 aromatic heterocycles. The molecule has 0 unspecified atom stereocenters. The summed E-state index contributed by atoms with van der Waals surface area (Å²) in [5, 5.41) is 12.9. The van der Waals surface area contributed by atoms with Crippen molar-refractivity contribution in [1.29, 1.82) is 5.41 Å². The number of aromatic nitrogens is 2. The van der Waals surface area contributed by atoms with Gasteiger partial charge in [0.2, 0.25) is 11.9 Å². The summed E-state index contributed by atoms with van der Waals surface area (Å²) in [6.07, 6.45) is 6.20. The maximum atomic E-state index is 12.9. The summed E-state index contributed by atoms with van der Waals surface area (Å²) in [6, 6.07) is 6.51. The van der Waals surface area contributed by atoms with Gasteiger partial charge in [0.25, 0.3) is 0 Å². The van der Waals surface area contributed by atoms with Crippen molar-refractivity contribution in [2.45, 2.75) is 6.42 Å². The quantitative estimate of drug-likeness (QED) is 0.447. The van der Waals surface area contributed by atoms with E-state index in [9.17, 15) is 9.18 Å². The minimum atomic E-state index is -0.593. The number of aryl methyl sites for hydroxylation is 1. The van der Waals surface area contributed by atoms with Gasteiger partial charge in [-0.2, -0.15) is 4.39 Å². The Labute approximate surface area is 127 Å². The minimum absolute atomic E-state index is 0.0544. The van der Waals surface area contributed by atoms with Crippen LogP contribution in [-0.4, -0.2) is 21.3 Å². The van der Waals surface area contributed by atoms with Crippen LogP contribution in [-0.2, 0) is 18.3 Å². The summed E-state index contributed by atoms with van der Waals surface area (Å²) >= 11 is 0. The fraction of sp³-hybridized carbons (Fsp3) is 0.133. The third kappa shape index (κ3) is 4.55. The summed E-state index contributed by atoms with van der Waals surface area (Å²) in [5.41, 5.74) is 1.37. The lowest BCUT2D eigenvalue weighted by Gasteiger charge is -2.05. The fourth-order valence-corrected chi connectivity index (χ4v) is 1.79. The lowest BCUT2D eigenvalue weighted by molar-refractivity contribution is -0.119. The molecule has 6 nitrogen and oxygen atoms in total. The highest BCUT2D eigenvalue weighted by molar-refractivity contribution is 6.03. The molecule has 0 bridgehead atoms. The molecule has 0 saturated carbocycles. The van der Waals surface area contributed by atoms with Crippen LogP contribution in [0.4, 0.5) is 10.1 Å². The van der Waals surface area contributed by atoms with E-state index < -0.39 is 5.95 Å². The van der Waals surface area contributed by atoms with Crippen molar-refractivity contribution in [3.05, 3.63) is 60.6 Å². The molecule has 0 fully saturated rings. The zero-order valence-corrected chi connectivity index (χ0v) is 12.0. The van der Waals surface area contributed by atoms with E-state index >= 15 is 0 Å². The smallest absolute Gasteiger partial charge is 0.231 e. The van der Waals surface area contributed by atoms with Crippen molar-refractivity contribution in [2.75, 3.05) is 5.32 Å². The number of anilines is 1. The van der Waals surface area contributed by atoms with E-state index in [0.29, 0.717) is 5.69 Å². The summed E-state index contributed by atoms with van der Waals surface area (Å²) < 4.78 is 14.7. The van der Waals surface area contributed by atoms with Gasteiger partial charge < -0.3 is 15.2 Å². The number of halogens is 1. The Morgan fingerprint density at radius 2 is 2.32 bits per heavy atom. The van der Waals surface area contributed by atoms with Gasteiger partial charge in [-0.3, -0.25) is 10.2 Å². The highest BCUT2D eigenvalue weighted by Crippen LogP contribution is 2.06. The van der Waals surface area contributed by atoms with E-state index in [4.69, 9.17) is 5.41 Å². The van der Waals surface area contributed by atoms with Crippen molar-refractivity contribution in [1.82, 2.24) is 14.9 Å². The second-order valence-electron chi connectivity index (χ2n) is 4.59. The van der Waals surface area contributed by atoms with Crippen molar-refractivity contribution in [3.63, 3.8) is 0 Å². The number of hydrogen-bond donors (Lipinski definition) is 3. The van der Waals surface area contributed by atoms with Gasteiger partial charge in [0.05, 0.1) is 6.42 Å². The van der Waals surface area contributed by atoms with Gasteiger partial charge in [-0.25, -0.2) is 4.98 Å². The predicted molar refractivity (Wildman–Crippen MR) is 81.9 cm³/mol. The predicted octanol–water partition coefficient (Wildman–Crippen LogP) is 1.82. The lowest BCUT2D eigenvalue weighted by atomic mass is 10.3. The van der Waals surface area contributed by atoms with Crippen LogP contribution in [0.15, 0.2) is 48.9 Å². The van der Waals surface area contributed by atoms with Gasteiger partial charge in [-0.1, -0.05) is 0 Å². The van der Waals surface area contributed by atoms with Gasteiger partial charge in [0.1, 0.15) is 5.84 Å². The van der Waals surface area contributed by atoms with E-state index in [2.05, 4.69) is 15.6 Å². The van der Waals surface area contributed by atoms with Crippen molar-refractivity contribution < 1.29 is 9.18 Å². The zero-order chi connectivity index (χ0) is 15.9. The Hall–Kier alpha value is -2.96. The van der Waals surface area contributed by atoms with Crippen LogP contribution in [0, 0.1) is 11.4 Å². The molecule has 0 aliphatic carbocycles. The number of pyridine rings is 1. The molecular weight excluding hydrogens is 285 g/mol. The second kappa shape index (κ2) is 7.16. The first-order valence-corrected chi connectivity index (χ1v) is 6.58. The summed E-state index contributed by atoms with van der Waals surface area (Å²) in [5.74, 6) is -0.919. The number of carbonyl (C=O) groups is 1. The van der Waals surface area contributed by atoms with E-state index in [1.165, 1.54) is 24.5 Å². The lowest BCUT2D eigenvalue weighted by Crippen LogP contribution is -2.30. The third-order valence-electron chi connectivity index (χ3n) is 2.89. The molecule has 7 heteroatoms. The maximum absolute atomic E-state index is 12.9. The molecule has 0 atom stereocenters. The van der Waals surface area contributed by atoms with Gasteiger partial charge >= 0.3 is 0 Å². The summed E-state index contributed by atoms with van der Waals surface area (Å²) in [4.78, 5) is 15.2. The van der Waals surface area contributed by atoms with Gasteiger partial charge in [-0.05, 0) is 24.3 Å².